The van der Waals surface area contributed by atoms with Crippen LogP contribution in [0.25, 0.3) is 0 Å². The third kappa shape index (κ3) is 4.44. The Morgan fingerprint density at radius 1 is 1.11 bits per heavy atom. The van der Waals surface area contributed by atoms with Crippen LogP contribution in [-0.4, -0.2) is 40.1 Å². The van der Waals surface area contributed by atoms with E-state index in [-0.39, 0.29) is 23.6 Å². The number of benzene rings is 1. The highest BCUT2D eigenvalue weighted by atomic mass is 16.2. The third-order valence-corrected chi connectivity index (χ3v) is 5.15. The molecule has 2 aromatic rings. The number of rotatable bonds is 5. The summed E-state index contributed by atoms with van der Waals surface area (Å²) in [6.07, 6.45) is 5.56. The van der Waals surface area contributed by atoms with Gasteiger partial charge in [0.05, 0.1) is 0 Å². The first-order valence-electron chi connectivity index (χ1n) is 9.69. The Kier molecular flexibility index (Phi) is 6.19. The molecule has 1 aromatic carbocycles. The maximum absolute atomic E-state index is 12.9. The van der Waals surface area contributed by atoms with Gasteiger partial charge in [0.25, 0.3) is 11.8 Å². The summed E-state index contributed by atoms with van der Waals surface area (Å²) in [5, 5.41) is 2.79. The van der Waals surface area contributed by atoms with Crippen molar-refractivity contribution in [1.82, 2.24) is 9.88 Å². The maximum Gasteiger partial charge on any atom is 0.272 e. The molecular weight excluding hydrogens is 354 g/mol. The quantitative estimate of drug-likeness (QED) is 0.798. The van der Waals surface area contributed by atoms with Gasteiger partial charge in [-0.2, -0.15) is 0 Å². The summed E-state index contributed by atoms with van der Waals surface area (Å²) in [4.78, 5) is 42.9. The molecule has 0 bridgehead atoms. The number of Topliss-reactive ketones (excluding diaryl/α,β-unsaturated/α-hetero) is 1. The Bertz CT molecular complexity index is 877. The molecule has 0 saturated carbocycles. The lowest BCUT2D eigenvalue weighted by Crippen LogP contribution is -2.43. The van der Waals surface area contributed by atoms with E-state index in [2.05, 4.69) is 17.2 Å². The van der Waals surface area contributed by atoms with Crippen molar-refractivity contribution < 1.29 is 14.4 Å². The van der Waals surface area contributed by atoms with E-state index in [1.807, 2.05) is 4.90 Å². The largest absolute Gasteiger partial charge is 0.334 e. The highest BCUT2D eigenvalue weighted by Crippen LogP contribution is 2.21. The van der Waals surface area contributed by atoms with Crippen LogP contribution in [0.5, 0.6) is 0 Å². The van der Waals surface area contributed by atoms with E-state index >= 15 is 0 Å². The lowest BCUT2D eigenvalue weighted by molar-refractivity contribution is 0.0602. The van der Waals surface area contributed by atoms with Crippen molar-refractivity contribution in [3.05, 3.63) is 59.4 Å². The Morgan fingerprint density at radius 2 is 1.86 bits per heavy atom. The smallest absolute Gasteiger partial charge is 0.272 e. The molecule has 1 unspecified atom stereocenters. The number of nitrogens with one attached hydrogen (secondary N) is 1. The predicted octanol–water partition coefficient (Wildman–Crippen LogP) is 3.94. The third-order valence-electron chi connectivity index (χ3n) is 5.15. The lowest BCUT2D eigenvalue weighted by atomic mass is 9.99. The number of hydrogen-bond donors (Lipinski definition) is 1. The molecule has 1 aromatic heterocycles. The molecule has 146 valence electrons. The van der Waals surface area contributed by atoms with Crippen LogP contribution in [0.4, 0.5) is 5.69 Å². The first-order valence-corrected chi connectivity index (χ1v) is 9.69. The molecule has 1 N–H and O–H groups in total. The van der Waals surface area contributed by atoms with Crippen molar-refractivity contribution >= 4 is 23.3 Å². The second-order valence-electron chi connectivity index (χ2n) is 7.07. The summed E-state index contributed by atoms with van der Waals surface area (Å²) in [7, 11) is 0. The zero-order chi connectivity index (χ0) is 20.1. The van der Waals surface area contributed by atoms with Crippen LogP contribution in [0.1, 0.15) is 70.7 Å². The molecular formula is C22H25N3O3. The van der Waals surface area contributed by atoms with Gasteiger partial charge in [-0.25, -0.2) is 0 Å². The molecule has 2 heterocycles. The van der Waals surface area contributed by atoms with Gasteiger partial charge in [0, 0.05) is 35.6 Å². The monoisotopic (exact) mass is 379 g/mol. The summed E-state index contributed by atoms with van der Waals surface area (Å²) >= 11 is 0. The number of likely N-dealkylation sites (tertiary alicyclic amines) is 1. The Labute approximate surface area is 165 Å². The van der Waals surface area contributed by atoms with Crippen molar-refractivity contribution in [1.29, 1.82) is 0 Å². The number of carbonyl (C=O) groups is 3. The Hall–Kier alpha value is -3.02. The number of amides is 2. The molecule has 2 amide bonds. The standard InChI is InChI=1S/C22H25N3O3/c1-3-19-6-4-5-13-25(19)22(28)20-14-17(11-12-23-20)21(27)24-18-9-7-16(8-10-18)15(2)26/h7-12,14,19H,3-6,13H2,1-2H3,(H,24,27). The fraction of sp³-hybridized carbons (Fsp3) is 0.364. The van der Waals surface area contributed by atoms with Gasteiger partial charge in [-0.05, 0) is 69.0 Å². The molecule has 3 rings (SSSR count). The number of aromatic nitrogens is 1. The van der Waals surface area contributed by atoms with E-state index < -0.39 is 0 Å². The summed E-state index contributed by atoms with van der Waals surface area (Å²) in [5.74, 6) is -0.469. The average Bonchev–Trinajstić information content (AvgIpc) is 2.73. The van der Waals surface area contributed by atoms with E-state index in [4.69, 9.17) is 0 Å². The Morgan fingerprint density at radius 3 is 2.54 bits per heavy atom. The molecule has 28 heavy (non-hydrogen) atoms. The number of piperidine rings is 1. The fourth-order valence-corrected chi connectivity index (χ4v) is 3.52. The van der Waals surface area contributed by atoms with E-state index in [9.17, 15) is 14.4 Å². The minimum absolute atomic E-state index is 0.0294. The highest BCUT2D eigenvalue weighted by molar-refractivity contribution is 6.06. The number of hydrogen-bond acceptors (Lipinski definition) is 4. The number of pyridine rings is 1. The molecule has 6 heteroatoms. The predicted molar refractivity (Wildman–Crippen MR) is 108 cm³/mol. The van der Waals surface area contributed by atoms with Crippen LogP contribution in [-0.2, 0) is 0 Å². The molecule has 0 radical (unpaired) electrons. The molecule has 1 aliphatic heterocycles. The highest BCUT2D eigenvalue weighted by Gasteiger charge is 2.27. The van der Waals surface area contributed by atoms with Crippen molar-refractivity contribution in [3.63, 3.8) is 0 Å². The molecule has 1 saturated heterocycles. The minimum Gasteiger partial charge on any atom is -0.334 e. The van der Waals surface area contributed by atoms with Crippen molar-refractivity contribution in [2.45, 2.75) is 45.6 Å². The van der Waals surface area contributed by atoms with Gasteiger partial charge < -0.3 is 10.2 Å². The molecule has 0 aliphatic carbocycles. The summed E-state index contributed by atoms with van der Waals surface area (Å²) < 4.78 is 0. The van der Waals surface area contributed by atoms with Gasteiger partial charge in [-0.3, -0.25) is 19.4 Å². The SMILES string of the molecule is CCC1CCCCN1C(=O)c1cc(C(=O)Nc2ccc(C(C)=O)cc2)ccn1. The first-order chi connectivity index (χ1) is 13.5. The fourth-order valence-electron chi connectivity index (χ4n) is 3.52. The first kappa shape index (κ1) is 19.7. The summed E-state index contributed by atoms with van der Waals surface area (Å²) in [6.45, 7) is 4.32. The van der Waals surface area contributed by atoms with Crippen LogP contribution >= 0.6 is 0 Å². The molecule has 0 spiro atoms. The molecule has 1 atom stereocenters. The second kappa shape index (κ2) is 8.78. The average molecular weight is 379 g/mol. The normalized spacial score (nSPS) is 16.5. The molecule has 1 aliphatic rings. The van der Waals surface area contributed by atoms with Crippen LogP contribution in [0.15, 0.2) is 42.6 Å². The number of ketones is 1. The van der Waals surface area contributed by atoms with Gasteiger partial charge >= 0.3 is 0 Å². The van der Waals surface area contributed by atoms with Gasteiger partial charge in [-0.15, -0.1) is 0 Å². The number of carbonyl (C=O) groups excluding carboxylic acids is 3. The van der Waals surface area contributed by atoms with E-state index in [1.165, 1.54) is 13.1 Å². The van der Waals surface area contributed by atoms with Crippen molar-refractivity contribution in [3.8, 4) is 0 Å². The molecule has 6 nitrogen and oxygen atoms in total. The van der Waals surface area contributed by atoms with Gasteiger partial charge in [-0.1, -0.05) is 6.92 Å². The minimum atomic E-state index is -0.322. The van der Waals surface area contributed by atoms with Crippen molar-refractivity contribution in [2.24, 2.45) is 0 Å². The van der Waals surface area contributed by atoms with E-state index in [1.54, 1.807) is 36.4 Å². The number of anilines is 1. The maximum atomic E-state index is 12.9. The number of nitrogens with zero attached hydrogens (tertiary/aromatic N) is 2. The van der Waals surface area contributed by atoms with Crippen molar-refractivity contribution in [2.75, 3.05) is 11.9 Å². The zero-order valence-corrected chi connectivity index (χ0v) is 16.3. The van der Waals surface area contributed by atoms with Gasteiger partial charge in [0.15, 0.2) is 5.78 Å². The topological polar surface area (TPSA) is 79.4 Å². The Balaban J connectivity index is 1.74. The molecule has 1 fully saturated rings. The van der Waals surface area contributed by atoms with E-state index in [0.717, 1.165) is 32.2 Å². The second-order valence-corrected chi connectivity index (χ2v) is 7.07. The van der Waals surface area contributed by atoms with Crippen LogP contribution in [0.2, 0.25) is 0 Å². The van der Waals surface area contributed by atoms with Crippen LogP contribution < -0.4 is 5.32 Å². The van der Waals surface area contributed by atoms with E-state index in [0.29, 0.717) is 22.5 Å². The van der Waals surface area contributed by atoms with Gasteiger partial charge in [0.1, 0.15) is 5.69 Å². The van der Waals surface area contributed by atoms with Gasteiger partial charge in [0.2, 0.25) is 0 Å². The zero-order valence-electron chi connectivity index (χ0n) is 16.3. The van der Waals surface area contributed by atoms with Crippen LogP contribution in [0.3, 0.4) is 0 Å². The summed E-state index contributed by atoms with van der Waals surface area (Å²) in [6, 6.07) is 10.1. The summed E-state index contributed by atoms with van der Waals surface area (Å²) in [5.41, 5.74) is 1.84. The van der Waals surface area contributed by atoms with Crippen LogP contribution in [0, 0.1) is 0 Å². The lowest BCUT2D eigenvalue weighted by Gasteiger charge is -2.35.